The SMILES string of the molecule is C=C(C)C(Cc1csc(C)n1)NC. The molecule has 1 rings (SSSR count). The molecule has 0 saturated carbocycles. The van der Waals surface area contributed by atoms with Crippen LogP contribution in [0.2, 0.25) is 0 Å². The molecular weight excluding hydrogens is 180 g/mol. The van der Waals surface area contributed by atoms with Crippen LogP contribution >= 0.6 is 11.3 Å². The third-order valence-electron chi connectivity index (χ3n) is 2.02. The van der Waals surface area contributed by atoms with Gasteiger partial charge in [-0.2, -0.15) is 0 Å². The summed E-state index contributed by atoms with van der Waals surface area (Å²) in [7, 11) is 1.96. The maximum absolute atomic E-state index is 4.42. The molecule has 0 aliphatic heterocycles. The second-order valence-corrected chi connectivity index (χ2v) is 4.31. The first-order valence-electron chi connectivity index (χ1n) is 4.37. The Morgan fingerprint density at radius 2 is 2.46 bits per heavy atom. The van der Waals surface area contributed by atoms with Gasteiger partial charge in [0.15, 0.2) is 0 Å². The molecule has 1 aromatic heterocycles. The van der Waals surface area contributed by atoms with Crippen molar-refractivity contribution in [2.45, 2.75) is 26.3 Å². The first-order chi connectivity index (χ1) is 6.13. The van der Waals surface area contributed by atoms with Gasteiger partial charge in [-0.1, -0.05) is 12.2 Å². The zero-order valence-electron chi connectivity index (χ0n) is 8.42. The van der Waals surface area contributed by atoms with Crippen LogP contribution in [0.3, 0.4) is 0 Å². The average Bonchev–Trinajstić information content (AvgIpc) is 2.46. The highest BCUT2D eigenvalue weighted by Crippen LogP contribution is 2.12. The number of aryl methyl sites for hydroxylation is 1. The lowest BCUT2D eigenvalue weighted by Crippen LogP contribution is -2.28. The first kappa shape index (κ1) is 10.4. The number of hydrogen-bond acceptors (Lipinski definition) is 3. The van der Waals surface area contributed by atoms with Crippen molar-refractivity contribution in [1.82, 2.24) is 10.3 Å². The van der Waals surface area contributed by atoms with Crippen LogP contribution in [0.25, 0.3) is 0 Å². The van der Waals surface area contributed by atoms with Gasteiger partial charge in [-0.05, 0) is 20.9 Å². The van der Waals surface area contributed by atoms with Gasteiger partial charge in [0.05, 0.1) is 10.7 Å². The summed E-state index contributed by atoms with van der Waals surface area (Å²) in [6.45, 7) is 8.02. The van der Waals surface area contributed by atoms with E-state index in [1.165, 1.54) is 0 Å². The summed E-state index contributed by atoms with van der Waals surface area (Å²) in [4.78, 5) is 4.42. The number of nitrogens with zero attached hydrogens (tertiary/aromatic N) is 1. The van der Waals surface area contributed by atoms with Gasteiger partial charge in [0.1, 0.15) is 0 Å². The number of likely N-dealkylation sites (N-methyl/N-ethyl adjacent to an activating group) is 1. The first-order valence-corrected chi connectivity index (χ1v) is 5.25. The molecule has 0 bridgehead atoms. The molecule has 13 heavy (non-hydrogen) atoms. The number of thiazole rings is 1. The molecule has 0 aliphatic rings. The number of hydrogen-bond donors (Lipinski definition) is 1. The highest BCUT2D eigenvalue weighted by atomic mass is 32.1. The molecule has 0 aromatic carbocycles. The van der Waals surface area contributed by atoms with E-state index in [-0.39, 0.29) is 0 Å². The Hall–Kier alpha value is -0.670. The van der Waals surface area contributed by atoms with Gasteiger partial charge >= 0.3 is 0 Å². The molecule has 0 aliphatic carbocycles. The molecule has 1 N–H and O–H groups in total. The number of aromatic nitrogens is 1. The Morgan fingerprint density at radius 1 is 1.77 bits per heavy atom. The second kappa shape index (κ2) is 4.53. The van der Waals surface area contributed by atoms with E-state index < -0.39 is 0 Å². The third-order valence-corrected chi connectivity index (χ3v) is 2.85. The van der Waals surface area contributed by atoms with Gasteiger partial charge in [0, 0.05) is 17.8 Å². The van der Waals surface area contributed by atoms with E-state index in [9.17, 15) is 0 Å². The molecule has 1 heterocycles. The van der Waals surface area contributed by atoms with Crippen molar-refractivity contribution in [2.75, 3.05) is 7.05 Å². The monoisotopic (exact) mass is 196 g/mol. The molecule has 1 atom stereocenters. The zero-order chi connectivity index (χ0) is 9.84. The Kier molecular flexibility index (Phi) is 3.63. The summed E-state index contributed by atoms with van der Waals surface area (Å²) in [5.74, 6) is 0. The van der Waals surface area contributed by atoms with Gasteiger partial charge in [-0.15, -0.1) is 11.3 Å². The van der Waals surface area contributed by atoms with Crippen LogP contribution in [0.15, 0.2) is 17.5 Å². The normalized spacial score (nSPS) is 12.8. The van der Waals surface area contributed by atoms with Crippen molar-refractivity contribution < 1.29 is 0 Å². The molecule has 3 heteroatoms. The largest absolute Gasteiger partial charge is 0.313 e. The summed E-state index contributed by atoms with van der Waals surface area (Å²) in [6.07, 6.45) is 0.941. The molecule has 0 spiro atoms. The predicted octanol–water partition coefficient (Wildman–Crippen LogP) is 2.16. The summed E-state index contributed by atoms with van der Waals surface area (Å²) in [6, 6.07) is 0.349. The summed E-state index contributed by atoms with van der Waals surface area (Å²) >= 11 is 1.70. The Morgan fingerprint density at radius 3 is 2.85 bits per heavy atom. The van der Waals surface area contributed by atoms with Crippen LogP contribution in [-0.2, 0) is 6.42 Å². The second-order valence-electron chi connectivity index (χ2n) is 3.25. The third kappa shape index (κ3) is 2.94. The lowest BCUT2D eigenvalue weighted by molar-refractivity contribution is 0.627. The van der Waals surface area contributed by atoms with Crippen LogP contribution in [0.5, 0.6) is 0 Å². The van der Waals surface area contributed by atoms with Crippen molar-refractivity contribution in [2.24, 2.45) is 0 Å². The van der Waals surface area contributed by atoms with Crippen LogP contribution in [-0.4, -0.2) is 18.1 Å². The predicted molar refractivity (Wildman–Crippen MR) is 58.2 cm³/mol. The number of rotatable bonds is 4. The van der Waals surface area contributed by atoms with Crippen LogP contribution in [0, 0.1) is 6.92 Å². The molecule has 1 unspecified atom stereocenters. The lowest BCUT2D eigenvalue weighted by Gasteiger charge is -2.14. The van der Waals surface area contributed by atoms with Crippen molar-refractivity contribution in [3.05, 3.63) is 28.2 Å². The van der Waals surface area contributed by atoms with Gasteiger partial charge in [0.2, 0.25) is 0 Å². The van der Waals surface area contributed by atoms with Gasteiger partial charge in [0.25, 0.3) is 0 Å². The molecule has 1 aromatic rings. The Labute approximate surface area is 83.7 Å². The van der Waals surface area contributed by atoms with Crippen molar-refractivity contribution in [1.29, 1.82) is 0 Å². The van der Waals surface area contributed by atoms with E-state index in [0.717, 1.165) is 22.7 Å². The smallest absolute Gasteiger partial charge is 0.0897 e. The molecular formula is C10H16N2S. The van der Waals surface area contributed by atoms with Crippen LogP contribution < -0.4 is 5.32 Å². The van der Waals surface area contributed by atoms with Crippen molar-refractivity contribution in [3.8, 4) is 0 Å². The molecule has 72 valence electrons. The topological polar surface area (TPSA) is 24.9 Å². The maximum atomic E-state index is 4.42. The minimum absolute atomic E-state index is 0.349. The fourth-order valence-corrected chi connectivity index (χ4v) is 1.86. The Balaban J connectivity index is 2.61. The molecule has 0 saturated heterocycles. The summed E-state index contributed by atoms with van der Waals surface area (Å²) < 4.78 is 0. The van der Waals surface area contributed by atoms with Gasteiger partial charge in [-0.3, -0.25) is 0 Å². The van der Waals surface area contributed by atoms with E-state index in [1.54, 1.807) is 11.3 Å². The highest BCUT2D eigenvalue weighted by molar-refractivity contribution is 7.09. The van der Waals surface area contributed by atoms with E-state index in [2.05, 4.69) is 22.3 Å². The van der Waals surface area contributed by atoms with Crippen molar-refractivity contribution >= 4 is 11.3 Å². The quantitative estimate of drug-likeness (QED) is 0.746. The van der Waals surface area contributed by atoms with Crippen LogP contribution in [0.1, 0.15) is 17.6 Å². The average molecular weight is 196 g/mol. The van der Waals surface area contributed by atoms with Crippen LogP contribution in [0.4, 0.5) is 0 Å². The minimum atomic E-state index is 0.349. The van der Waals surface area contributed by atoms with Gasteiger partial charge < -0.3 is 5.32 Å². The highest BCUT2D eigenvalue weighted by Gasteiger charge is 2.09. The Bertz CT molecular complexity index is 291. The molecule has 0 fully saturated rings. The molecule has 0 radical (unpaired) electrons. The lowest BCUT2D eigenvalue weighted by atomic mass is 10.1. The van der Waals surface area contributed by atoms with Gasteiger partial charge in [-0.25, -0.2) is 4.98 Å². The molecule has 0 amide bonds. The zero-order valence-corrected chi connectivity index (χ0v) is 9.24. The van der Waals surface area contributed by atoms with E-state index in [4.69, 9.17) is 0 Å². The fraction of sp³-hybridized carbons (Fsp3) is 0.500. The van der Waals surface area contributed by atoms with Crippen molar-refractivity contribution in [3.63, 3.8) is 0 Å². The van der Waals surface area contributed by atoms with E-state index >= 15 is 0 Å². The minimum Gasteiger partial charge on any atom is -0.313 e. The van der Waals surface area contributed by atoms with E-state index in [1.807, 2.05) is 20.9 Å². The maximum Gasteiger partial charge on any atom is 0.0897 e. The summed E-state index contributed by atoms with van der Waals surface area (Å²) in [5, 5.41) is 6.47. The van der Waals surface area contributed by atoms with E-state index in [0.29, 0.717) is 6.04 Å². The molecule has 2 nitrogen and oxygen atoms in total. The number of nitrogens with one attached hydrogen (secondary N) is 1. The summed E-state index contributed by atoms with van der Waals surface area (Å²) in [5.41, 5.74) is 2.32. The fourth-order valence-electron chi connectivity index (χ4n) is 1.23. The standard InChI is InChI=1S/C10H16N2S/c1-7(2)10(11-4)5-9-6-13-8(3)12-9/h6,10-11H,1,5H2,2-4H3.